The number of rotatable bonds is 9. The Kier molecular flexibility index (Phi) is 7.85. The summed E-state index contributed by atoms with van der Waals surface area (Å²) in [5.74, 6) is 1.41. The van der Waals surface area contributed by atoms with Crippen molar-refractivity contribution >= 4 is 0 Å². The smallest absolute Gasteiger partial charge is 0.144 e. The standard InChI is InChI=1S/C39H32O3/c1-41-37-26-12-11-23-34(37)31-19-13-22-33(27-31)39(40,32-20-9-4-10-21-32)36-25-14-24-35(30-17-7-3-8-18-30)38(36)42-28-29-15-5-2-6-16-29/h2-27,40H,28H2,1H3. The number of hydrogen-bond donors (Lipinski definition) is 1. The highest BCUT2D eigenvalue weighted by Crippen LogP contribution is 2.46. The molecule has 206 valence electrons. The number of para-hydroxylation sites is 2. The molecule has 0 spiro atoms. The Hall–Kier alpha value is -5.12. The Labute approximate surface area is 247 Å². The maximum absolute atomic E-state index is 13.1. The SMILES string of the molecule is COc1ccccc1-c1cccc(C(O)(c2ccccc2)c2cccc(-c3ccccc3)c2OCc2ccccc2)c1. The Balaban J connectivity index is 1.58. The lowest BCUT2D eigenvalue weighted by atomic mass is 9.78. The normalized spacial score (nSPS) is 12.3. The van der Waals surface area contributed by atoms with Gasteiger partial charge in [-0.15, -0.1) is 0 Å². The predicted molar refractivity (Wildman–Crippen MR) is 170 cm³/mol. The third kappa shape index (κ3) is 5.30. The first-order chi connectivity index (χ1) is 20.7. The number of methoxy groups -OCH3 is 1. The molecular formula is C39H32O3. The average molecular weight is 549 g/mol. The topological polar surface area (TPSA) is 38.7 Å². The Bertz CT molecular complexity index is 1760. The average Bonchev–Trinajstić information content (AvgIpc) is 3.08. The van der Waals surface area contributed by atoms with Crippen LogP contribution in [0.15, 0.2) is 158 Å². The van der Waals surface area contributed by atoms with Crippen LogP contribution in [0.25, 0.3) is 22.3 Å². The molecule has 0 saturated heterocycles. The van der Waals surface area contributed by atoms with E-state index in [1.807, 2.05) is 140 Å². The molecule has 1 atom stereocenters. The Morgan fingerprint density at radius 3 is 1.86 bits per heavy atom. The minimum atomic E-state index is -1.52. The van der Waals surface area contributed by atoms with Crippen LogP contribution >= 0.6 is 0 Å². The molecule has 0 fully saturated rings. The molecule has 0 saturated carbocycles. The Morgan fingerprint density at radius 1 is 0.548 bits per heavy atom. The summed E-state index contributed by atoms with van der Waals surface area (Å²) < 4.78 is 12.3. The van der Waals surface area contributed by atoms with E-state index in [2.05, 4.69) is 18.2 Å². The number of ether oxygens (including phenoxy) is 2. The van der Waals surface area contributed by atoms with Gasteiger partial charge < -0.3 is 14.6 Å². The maximum atomic E-state index is 13.1. The summed E-state index contributed by atoms with van der Waals surface area (Å²) in [6, 6.07) is 52.1. The maximum Gasteiger partial charge on any atom is 0.144 e. The van der Waals surface area contributed by atoms with Gasteiger partial charge in [0.1, 0.15) is 23.7 Å². The highest BCUT2D eigenvalue weighted by Gasteiger charge is 2.38. The molecule has 0 bridgehead atoms. The van der Waals surface area contributed by atoms with Gasteiger partial charge >= 0.3 is 0 Å². The molecule has 42 heavy (non-hydrogen) atoms. The first-order valence-corrected chi connectivity index (χ1v) is 14.1. The van der Waals surface area contributed by atoms with Gasteiger partial charge in [0.2, 0.25) is 0 Å². The second-order valence-electron chi connectivity index (χ2n) is 10.2. The largest absolute Gasteiger partial charge is 0.496 e. The molecule has 0 aromatic heterocycles. The summed E-state index contributed by atoms with van der Waals surface area (Å²) in [6.07, 6.45) is 0. The molecule has 0 aliphatic carbocycles. The fourth-order valence-corrected chi connectivity index (χ4v) is 5.50. The summed E-state index contributed by atoms with van der Waals surface area (Å²) in [7, 11) is 1.68. The molecule has 0 aliphatic heterocycles. The number of benzene rings is 6. The molecule has 6 aromatic rings. The van der Waals surface area contributed by atoms with E-state index < -0.39 is 5.60 Å². The van der Waals surface area contributed by atoms with E-state index >= 15 is 0 Å². The van der Waals surface area contributed by atoms with Crippen molar-refractivity contribution in [3.8, 4) is 33.8 Å². The van der Waals surface area contributed by atoms with E-state index in [9.17, 15) is 5.11 Å². The van der Waals surface area contributed by atoms with Gasteiger partial charge in [0.25, 0.3) is 0 Å². The van der Waals surface area contributed by atoms with Gasteiger partial charge in [-0.1, -0.05) is 146 Å². The van der Waals surface area contributed by atoms with E-state index in [1.165, 1.54) is 0 Å². The summed E-state index contributed by atoms with van der Waals surface area (Å²) >= 11 is 0. The molecule has 0 radical (unpaired) electrons. The summed E-state index contributed by atoms with van der Waals surface area (Å²) in [5.41, 5.74) is 5.51. The van der Waals surface area contributed by atoms with Crippen LogP contribution in [0.5, 0.6) is 11.5 Å². The summed E-state index contributed by atoms with van der Waals surface area (Å²) in [6.45, 7) is 0.365. The van der Waals surface area contributed by atoms with Gasteiger partial charge in [-0.3, -0.25) is 0 Å². The first kappa shape index (κ1) is 27.1. The van der Waals surface area contributed by atoms with Crippen LogP contribution in [0.3, 0.4) is 0 Å². The van der Waals surface area contributed by atoms with Crippen molar-refractivity contribution in [2.45, 2.75) is 12.2 Å². The second kappa shape index (κ2) is 12.2. The van der Waals surface area contributed by atoms with Crippen molar-refractivity contribution in [2.24, 2.45) is 0 Å². The van der Waals surface area contributed by atoms with E-state index in [1.54, 1.807) is 7.11 Å². The molecular weight excluding hydrogens is 516 g/mol. The lowest BCUT2D eigenvalue weighted by molar-refractivity contribution is 0.120. The van der Waals surface area contributed by atoms with Crippen LogP contribution in [-0.2, 0) is 12.2 Å². The molecule has 0 aliphatic rings. The van der Waals surface area contributed by atoms with Gasteiger partial charge in [0.15, 0.2) is 0 Å². The second-order valence-corrected chi connectivity index (χ2v) is 10.2. The Morgan fingerprint density at radius 2 is 1.12 bits per heavy atom. The van der Waals surface area contributed by atoms with Crippen molar-refractivity contribution in [1.29, 1.82) is 0 Å². The van der Waals surface area contributed by atoms with E-state index in [0.717, 1.165) is 44.7 Å². The van der Waals surface area contributed by atoms with Crippen molar-refractivity contribution in [3.63, 3.8) is 0 Å². The predicted octanol–water partition coefficient (Wildman–Crippen LogP) is 8.89. The summed E-state index contributed by atoms with van der Waals surface area (Å²) in [4.78, 5) is 0. The number of hydrogen-bond acceptors (Lipinski definition) is 3. The third-order valence-corrected chi connectivity index (χ3v) is 7.61. The van der Waals surface area contributed by atoms with Crippen molar-refractivity contribution in [3.05, 3.63) is 180 Å². The zero-order valence-electron chi connectivity index (χ0n) is 23.5. The van der Waals surface area contributed by atoms with E-state index in [0.29, 0.717) is 17.9 Å². The van der Waals surface area contributed by atoms with E-state index in [-0.39, 0.29) is 0 Å². The fraction of sp³-hybridized carbons (Fsp3) is 0.0769. The number of aliphatic hydroxyl groups is 1. The van der Waals surface area contributed by atoms with Crippen LogP contribution < -0.4 is 9.47 Å². The van der Waals surface area contributed by atoms with Gasteiger partial charge in [-0.2, -0.15) is 0 Å². The van der Waals surface area contributed by atoms with E-state index in [4.69, 9.17) is 9.47 Å². The highest BCUT2D eigenvalue weighted by atomic mass is 16.5. The quantitative estimate of drug-likeness (QED) is 0.183. The molecule has 0 heterocycles. The molecule has 3 nitrogen and oxygen atoms in total. The van der Waals surface area contributed by atoms with Gasteiger partial charge in [0.05, 0.1) is 7.11 Å². The van der Waals surface area contributed by atoms with Gasteiger partial charge in [-0.05, 0) is 39.9 Å². The van der Waals surface area contributed by atoms with Crippen molar-refractivity contribution in [2.75, 3.05) is 7.11 Å². The molecule has 1 unspecified atom stereocenters. The lowest BCUT2D eigenvalue weighted by Crippen LogP contribution is -2.30. The van der Waals surface area contributed by atoms with Crippen LogP contribution in [0.4, 0.5) is 0 Å². The highest BCUT2D eigenvalue weighted by molar-refractivity contribution is 5.75. The summed E-state index contributed by atoms with van der Waals surface area (Å²) in [5, 5.41) is 13.1. The molecule has 6 aromatic carbocycles. The van der Waals surface area contributed by atoms with Crippen molar-refractivity contribution < 1.29 is 14.6 Å². The van der Waals surface area contributed by atoms with Crippen LogP contribution in [0.2, 0.25) is 0 Å². The molecule has 1 N–H and O–H groups in total. The molecule has 3 heteroatoms. The van der Waals surface area contributed by atoms with Crippen molar-refractivity contribution in [1.82, 2.24) is 0 Å². The van der Waals surface area contributed by atoms with Gasteiger partial charge in [-0.25, -0.2) is 0 Å². The molecule has 6 rings (SSSR count). The van der Waals surface area contributed by atoms with Crippen LogP contribution in [-0.4, -0.2) is 12.2 Å². The lowest BCUT2D eigenvalue weighted by Gasteiger charge is -2.33. The first-order valence-electron chi connectivity index (χ1n) is 14.1. The fourth-order valence-electron chi connectivity index (χ4n) is 5.50. The van der Waals surface area contributed by atoms with Gasteiger partial charge in [0, 0.05) is 16.7 Å². The zero-order chi connectivity index (χ0) is 28.8. The minimum Gasteiger partial charge on any atom is -0.496 e. The third-order valence-electron chi connectivity index (χ3n) is 7.61. The monoisotopic (exact) mass is 548 g/mol. The molecule has 0 amide bonds. The minimum absolute atomic E-state index is 0.365. The van der Waals surface area contributed by atoms with Crippen LogP contribution in [0.1, 0.15) is 22.3 Å². The zero-order valence-corrected chi connectivity index (χ0v) is 23.5. The van der Waals surface area contributed by atoms with Crippen LogP contribution in [0, 0.1) is 0 Å².